The summed E-state index contributed by atoms with van der Waals surface area (Å²) in [5.41, 5.74) is -0.578. The van der Waals surface area contributed by atoms with Crippen molar-refractivity contribution in [3.8, 4) is 0 Å². The van der Waals surface area contributed by atoms with Gasteiger partial charge in [-0.3, -0.25) is 0 Å². The molecule has 0 aliphatic heterocycles. The third-order valence-corrected chi connectivity index (χ3v) is 5.86. The first-order chi connectivity index (χ1) is 12.5. The van der Waals surface area contributed by atoms with Gasteiger partial charge in [-0.05, 0) is 36.4 Å². The molecule has 5 nitrogen and oxygen atoms in total. The fourth-order valence-electron chi connectivity index (χ4n) is 1.82. The minimum Gasteiger partial charge on any atom is -0.207 e. The Balaban J connectivity index is 2.17. The summed E-state index contributed by atoms with van der Waals surface area (Å²) in [6, 6.07) is 4.75. The van der Waals surface area contributed by atoms with Gasteiger partial charge in [-0.2, -0.15) is 0 Å². The fourth-order valence-corrected chi connectivity index (χ4v) is 4.21. The van der Waals surface area contributed by atoms with Crippen LogP contribution in [0.25, 0.3) is 12.2 Å². The van der Waals surface area contributed by atoms with Crippen LogP contribution in [0, 0.1) is 23.3 Å². The standard InChI is InChI=1S/C16H11F4NO4S2/c17-13-3-1-11(15(19)9-13)5-7-26(22,23)21-27(24,25)8-6-12-2-4-14(18)10-16(12)20/h1-10,21H/b7-5+,8-6+. The molecule has 27 heavy (non-hydrogen) atoms. The lowest BCUT2D eigenvalue weighted by atomic mass is 10.2. The van der Waals surface area contributed by atoms with Crippen molar-refractivity contribution in [3.63, 3.8) is 0 Å². The Morgan fingerprint density at radius 1 is 0.667 bits per heavy atom. The van der Waals surface area contributed by atoms with Crippen LogP contribution in [0.5, 0.6) is 0 Å². The lowest BCUT2D eigenvalue weighted by molar-refractivity contribution is 0.581. The van der Waals surface area contributed by atoms with E-state index < -0.39 is 43.3 Å². The van der Waals surface area contributed by atoms with Crippen molar-refractivity contribution in [3.05, 3.63) is 81.6 Å². The van der Waals surface area contributed by atoms with Gasteiger partial charge in [-0.15, -0.1) is 4.13 Å². The van der Waals surface area contributed by atoms with Crippen LogP contribution in [0.1, 0.15) is 11.1 Å². The maximum Gasteiger partial charge on any atom is 0.246 e. The van der Waals surface area contributed by atoms with E-state index in [-0.39, 0.29) is 11.1 Å². The first-order valence-corrected chi connectivity index (χ1v) is 10.1. The highest BCUT2D eigenvalue weighted by molar-refractivity contribution is 8.07. The molecule has 2 aromatic rings. The lowest BCUT2D eigenvalue weighted by Crippen LogP contribution is -2.27. The predicted molar refractivity (Wildman–Crippen MR) is 91.8 cm³/mol. The molecule has 144 valence electrons. The molecule has 0 unspecified atom stereocenters. The summed E-state index contributed by atoms with van der Waals surface area (Å²) in [5, 5.41) is 0.736. The van der Waals surface area contributed by atoms with Crippen LogP contribution in [0.2, 0.25) is 0 Å². The monoisotopic (exact) mass is 421 g/mol. The predicted octanol–water partition coefficient (Wildman–Crippen LogP) is 3.13. The van der Waals surface area contributed by atoms with Gasteiger partial charge in [0.2, 0.25) is 20.0 Å². The van der Waals surface area contributed by atoms with Crippen molar-refractivity contribution in [1.29, 1.82) is 0 Å². The van der Waals surface area contributed by atoms with Crippen LogP contribution in [-0.4, -0.2) is 16.8 Å². The van der Waals surface area contributed by atoms with E-state index >= 15 is 0 Å². The Hall–Kier alpha value is -2.50. The minimum absolute atomic E-state index is 0.289. The Kier molecular flexibility index (Phi) is 6.19. The molecular formula is C16H11F4NO4S2. The smallest absolute Gasteiger partial charge is 0.207 e. The number of rotatable bonds is 6. The van der Waals surface area contributed by atoms with Crippen molar-refractivity contribution in [2.45, 2.75) is 0 Å². The zero-order valence-corrected chi connectivity index (χ0v) is 14.9. The van der Waals surface area contributed by atoms with Gasteiger partial charge in [-0.25, -0.2) is 34.4 Å². The molecule has 0 heterocycles. The molecular weight excluding hydrogens is 410 g/mol. The third-order valence-electron chi connectivity index (χ3n) is 3.01. The van der Waals surface area contributed by atoms with Gasteiger partial charge < -0.3 is 0 Å². The highest BCUT2D eigenvalue weighted by Gasteiger charge is 2.16. The van der Waals surface area contributed by atoms with E-state index in [1.165, 1.54) is 4.13 Å². The number of nitrogens with one attached hydrogen (secondary N) is 1. The molecule has 2 rings (SSSR count). The number of hydrogen-bond donors (Lipinski definition) is 1. The summed E-state index contributed by atoms with van der Waals surface area (Å²) in [7, 11) is -9.14. The molecule has 0 radical (unpaired) electrons. The average Bonchev–Trinajstić information content (AvgIpc) is 2.52. The Bertz CT molecular complexity index is 1040. The van der Waals surface area contributed by atoms with E-state index in [9.17, 15) is 34.4 Å². The largest absolute Gasteiger partial charge is 0.246 e. The topological polar surface area (TPSA) is 80.3 Å². The summed E-state index contributed by atoms with van der Waals surface area (Å²) in [4.78, 5) is 0. The summed E-state index contributed by atoms with van der Waals surface area (Å²) in [6.45, 7) is 0. The third kappa shape index (κ3) is 6.31. The number of halogens is 4. The molecule has 0 amide bonds. The normalized spacial score (nSPS) is 12.9. The van der Waals surface area contributed by atoms with Gasteiger partial charge in [0.25, 0.3) is 0 Å². The highest BCUT2D eigenvalue weighted by Crippen LogP contribution is 2.13. The summed E-state index contributed by atoms with van der Waals surface area (Å²) in [5.74, 6) is -3.83. The maximum atomic E-state index is 13.4. The first-order valence-electron chi connectivity index (χ1n) is 7.02. The SMILES string of the molecule is O=S(=O)(/C=C/c1ccc(F)cc1F)NS(=O)(=O)/C=C/c1ccc(F)cc1F. The minimum atomic E-state index is -4.57. The second-order valence-electron chi connectivity index (χ2n) is 5.11. The van der Waals surface area contributed by atoms with Gasteiger partial charge in [0.15, 0.2) is 0 Å². The molecule has 0 aliphatic carbocycles. The van der Waals surface area contributed by atoms with Crippen LogP contribution < -0.4 is 4.13 Å². The maximum absolute atomic E-state index is 13.4. The van der Waals surface area contributed by atoms with Crippen molar-refractivity contribution in [1.82, 2.24) is 4.13 Å². The number of hydrogen-bond acceptors (Lipinski definition) is 4. The fraction of sp³-hybridized carbons (Fsp3) is 0. The molecule has 0 aliphatic rings. The lowest BCUT2D eigenvalue weighted by Gasteiger charge is -2.02. The van der Waals surface area contributed by atoms with E-state index in [2.05, 4.69) is 0 Å². The van der Waals surface area contributed by atoms with E-state index in [0.29, 0.717) is 22.9 Å². The van der Waals surface area contributed by atoms with Crippen LogP contribution in [0.15, 0.2) is 47.2 Å². The zero-order chi connectivity index (χ0) is 20.2. The van der Waals surface area contributed by atoms with Crippen LogP contribution in [-0.2, 0) is 20.0 Å². The Labute approximate surface area is 152 Å². The van der Waals surface area contributed by atoms with Gasteiger partial charge in [0, 0.05) is 34.1 Å². The van der Waals surface area contributed by atoms with Gasteiger partial charge in [-0.1, -0.05) is 0 Å². The second-order valence-corrected chi connectivity index (χ2v) is 8.50. The average molecular weight is 421 g/mol. The Morgan fingerprint density at radius 3 is 1.37 bits per heavy atom. The molecule has 0 fully saturated rings. The molecule has 0 atom stereocenters. The molecule has 11 heteroatoms. The molecule has 2 aromatic carbocycles. The second kappa shape index (κ2) is 8.03. The van der Waals surface area contributed by atoms with Crippen LogP contribution in [0.3, 0.4) is 0 Å². The van der Waals surface area contributed by atoms with E-state index in [0.717, 1.165) is 36.4 Å². The number of sulfonamides is 2. The van der Waals surface area contributed by atoms with Gasteiger partial charge in [0.05, 0.1) is 0 Å². The molecule has 0 bridgehead atoms. The van der Waals surface area contributed by atoms with Crippen LogP contribution in [0.4, 0.5) is 17.6 Å². The number of benzene rings is 2. The molecule has 0 spiro atoms. The first kappa shape index (κ1) is 20.8. The summed E-state index contributed by atoms with van der Waals surface area (Å²) >= 11 is 0. The van der Waals surface area contributed by atoms with E-state index in [4.69, 9.17) is 0 Å². The molecule has 0 aromatic heterocycles. The van der Waals surface area contributed by atoms with Crippen molar-refractivity contribution in [2.75, 3.05) is 0 Å². The highest BCUT2D eigenvalue weighted by atomic mass is 32.3. The zero-order valence-electron chi connectivity index (χ0n) is 13.2. The van der Waals surface area contributed by atoms with Crippen molar-refractivity contribution >= 4 is 32.2 Å². The van der Waals surface area contributed by atoms with E-state index in [1.54, 1.807) is 0 Å². The van der Waals surface area contributed by atoms with E-state index in [1.807, 2.05) is 0 Å². The summed E-state index contributed by atoms with van der Waals surface area (Å²) in [6.07, 6.45) is 1.46. The molecule has 0 saturated carbocycles. The van der Waals surface area contributed by atoms with Crippen LogP contribution >= 0.6 is 0 Å². The molecule has 0 saturated heterocycles. The summed E-state index contributed by atoms with van der Waals surface area (Å²) < 4.78 is 101. The quantitative estimate of drug-likeness (QED) is 0.727. The van der Waals surface area contributed by atoms with Crippen molar-refractivity contribution in [2.24, 2.45) is 0 Å². The van der Waals surface area contributed by atoms with Crippen molar-refractivity contribution < 1.29 is 34.4 Å². The van der Waals surface area contributed by atoms with Gasteiger partial charge >= 0.3 is 0 Å². The van der Waals surface area contributed by atoms with Gasteiger partial charge in [0.1, 0.15) is 23.3 Å². The Morgan fingerprint density at radius 2 is 1.04 bits per heavy atom. The molecule has 1 N–H and O–H groups in total.